The van der Waals surface area contributed by atoms with E-state index < -0.39 is 23.7 Å². The van der Waals surface area contributed by atoms with E-state index in [0.717, 1.165) is 33.5 Å². The summed E-state index contributed by atoms with van der Waals surface area (Å²) in [6, 6.07) is 30.2. The number of fused-ring (bicyclic) bond motifs is 3. The fourth-order valence-corrected chi connectivity index (χ4v) is 6.28. The van der Waals surface area contributed by atoms with Crippen molar-refractivity contribution in [3.8, 4) is 28.0 Å². The molecule has 0 unspecified atom stereocenters. The van der Waals surface area contributed by atoms with Gasteiger partial charge in [0.15, 0.2) is 6.79 Å². The van der Waals surface area contributed by atoms with E-state index in [2.05, 4.69) is 120 Å². The number of rotatable bonds is 6. The molecule has 5 heteroatoms. The number of methoxy groups -OCH3 is 1. The maximum absolute atomic E-state index is 6.53. The molecule has 1 aliphatic carbocycles. The number of hydrogen-bond acceptors (Lipinski definition) is 4. The molecule has 0 atom stereocenters. The predicted octanol–water partition coefficient (Wildman–Crippen LogP) is 7.28. The standard InChI is InChI=1S/C35H37BO4/c1-23-20-27(26-16-10-13-19-31(26)36-39-33(2,3)34(4,5)40-36)32(38-22-37-7)30(21-23)35(6)28-17-11-8-14-24(28)25-15-9-12-18-29(25)35/h8-21H,22H2,1-7H3. The Labute approximate surface area is 238 Å². The summed E-state index contributed by atoms with van der Waals surface area (Å²) >= 11 is 0. The molecule has 1 fully saturated rings. The zero-order valence-corrected chi connectivity index (χ0v) is 24.5. The van der Waals surface area contributed by atoms with Crippen LogP contribution in [0.15, 0.2) is 84.9 Å². The molecule has 0 bridgehead atoms. The quantitative estimate of drug-likeness (QED) is 0.193. The van der Waals surface area contributed by atoms with Gasteiger partial charge in [-0.25, -0.2) is 0 Å². The maximum atomic E-state index is 6.53. The van der Waals surface area contributed by atoms with E-state index in [0.29, 0.717) is 0 Å². The van der Waals surface area contributed by atoms with Crippen molar-refractivity contribution >= 4 is 12.6 Å². The summed E-state index contributed by atoms with van der Waals surface area (Å²) in [5, 5.41) is 0. The van der Waals surface area contributed by atoms with Gasteiger partial charge >= 0.3 is 7.12 Å². The summed E-state index contributed by atoms with van der Waals surface area (Å²) in [5.74, 6) is 0.811. The molecule has 2 aliphatic rings. The zero-order valence-electron chi connectivity index (χ0n) is 24.5. The van der Waals surface area contributed by atoms with Gasteiger partial charge in [0.25, 0.3) is 0 Å². The smallest absolute Gasteiger partial charge is 0.467 e. The Morgan fingerprint density at radius 1 is 0.650 bits per heavy atom. The predicted molar refractivity (Wildman–Crippen MR) is 162 cm³/mol. The van der Waals surface area contributed by atoms with Crippen LogP contribution >= 0.6 is 0 Å². The molecule has 204 valence electrons. The molecule has 0 saturated carbocycles. The summed E-state index contributed by atoms with van der Waals surface area (Å²) in [6.45, 7) is 13.0. The van der Waals surface area contributed by atoms with Gasteiger partial charge in [-0.05, 0) is 86.5 Å². The van der Waals surface area contributed by atoms with Gasteiger partial charge in [-0.15, -0.1) is 0 Å². The van der Waals surface area contributed by atoms with Crippen LogP contribution in [0.1, 0.15) is 56.9 Å². The molecule has 4 aromatic carbocycles. The van der Waals surface area contributed by atoms with E-state index in [1.807, 2.05) is 6.07 Å². The fraction of sp³-hybridized carbons (Fsp3) is 0.314. The second-order valence-electron chi connectivity index (χ2n) is 12.1. The molecule has 1 aliphatic heterocycles. The lowest BCUT2D eigenvalue weighted by molar-refractivity contribution is 0.00578. The van der Waals surface area contributed by atoms with Crippen LogP contribution in [0.3, 0.4) is 0 Å². The monoisotopic (exact) mass is 532 g/mol. The Bertz CT molecular complexity index is 1530. The van der Waals surface area contributed by atoms with Crippen molar-refractivity contribution in [3.05, 3.63) is 107 Å². The van der Waals surface area contributed by atoms with Crippen molar-refractivity contribution in [1.29, 1.82) is 0 Å². The van der Waals surface area contributed by atoms with Crippen molar-refractivity contribution < 1.29 is 18.8 Å². The summed E-state index contributed by atoms with van der Waals surface area (Å²) in [5.41, 5.74) is 9.04. The largest absolute Gasteiger partial charge is 0.495 e. The summed E-state index contributed by atoms with van der Waals surface area (Å²) < 4.78 is 25.0. The van der Waals surface area contributed by atoms with Crippen LogP contribution in [0.5, 0.6) is 5.75 Å². The molecule has 1 saturated heterocycles. The highest BCUT2D eigenvalue weighted by Crippen LogP contribution is 2.55. The van der Waals surface area contributed by atoms with E-state index in [9.17, 15) is 0 Å². The third kappa shape index (κ3) is 4.02. The highest BCUT2D eigenvalue weighted by atomic mass is 16.7. The molecule has 0 aromatic heterocycles. The van der Waals surface area contributed by atoms with Crippen LogP contribution in [-0.4, -0.2) is 32.2 Å². The third-order valence-corrected chi connectivity index (χ3v) is 9.07. The number of hydrogen-bond donors (Lipinski definition) is 0. The molecule has 0 radical (unpaired) electrons. The molecule has 40 heavy (non-hydrogen) atoms. The Morgan fingerprint density at radius 2 is 1.18 bits per heavy atom. The first kappa shape index (κ1) is 26.8. The lowest BCUT2D eigenvalue weighted by Crippen LogP contribution is -2.41. The highest BCUT2D eigenvalue weighted by Gasteiger charge is 2.52. The first-order valence-electron chi connectivity index (χ1n) is 14.0. The van der Waals surface area contributed by atoms with Crippen LogP contribution in [0, 0.1) is 6.92 Å². The van der Waals surface area contributed by atoms with E-state index in [1.54, 1.807) is 7.11 Å². The van der Waals surface area contributed by atoms with E-state index >= 15 is 0 Å². The van der Waals surface area contributed by atoms with Gasteiger partial charge < -0.3 is 18.8 Å². The Morgan fingerprint density at radius 3 is 1.75 bits per heavy atom. The lowest BCUT2D eigenvalue weighted by Gasteiger charge is -2.32. The maximum Gasteiger partial charge on any atom is 0.495 e. The number of benzene rings is 4. The average molecular weight is 532 g/mol. The fourth-order valence-electron chi connectivity index (χ4n) is 6.28. The van der Waals surface area contributed by atoms with Gasteiger partial charge in [0, 0.05) is 23.7 Å². The second-order valence-corrected chi connectivity index (χ2v) is 12.1. The van der Waals surface area contributed by atoms with Crippen molar-refractivity contribution in [2.24, 2.45) is 0 Å². The van der Waals surface area contributed by atoms with Crippen molar-refractivity contribution in [2.75, 3.05) is 13.9 Å². The molecular formula is C35H37BO4. The normalized spacial score (nSPS) is 17.9. The highest BCUT2D eigenvalue weighted by molar-refractivity contribution is 6.64. The SMILES string of the molecule is COCOc1c(-c2ccccc2B2OC(C)(C)C(C)(C)O2)cc(C)cc1C1(C)c2ccccc2-c2ccccc21. The molecular weight excluding hydrogens is 495 g/mol. The van der Waals surface area contributed by atoms with Crippen molar-refractivity contribution in [1.82, 2.24) is 0 Å². The molecule has 6 rings (SSSR count). The van der Waals surface area contributed by atoms with Crippen LogP contribution in [0.2, 0.25) is 0 Å². The lowest BCUT2D eigenvalue weighted by atomic mass is 9.70. The van der Waals surface area contributed by atoms with Crippen LogP contribution in [-0.2, 0) is 19.5 Å². The first-order valence-corrected chi connectivity index (χ1v) is 14.0. The Hall–Kier alpha value is -3.38. The van der Waals surface area contributed by atoms with Gasteiger partial charge in [0.2, 0.25) is 0 Å². The Kier molecular flexibility index (Phi) is 6.45. The first-order chi connectivity index (χ1) is 19.1. The Balaban J connectivity index is 1.60. The van der Waals surface area contributed by atoms with Gasteiger partial charge in [0.1, 0.15) is 5.75 Å². The number of aryl methyl sites for hydroxylation is 1. The molecule has 1 heterocycles. The van der Waals surface area contributed by atoms with Crippen LogP contribution < -0.4 is 10.2 Å². The minimum absolute atomic E-state index is 0.140. The van der Waals surface area contributed by atoms with Crippen molar-refractivity contribution in [3.63, 3.8) is 0 Å². The average Bonchev–Trinajstić information content (AvgIpc) is 3.33. The van der Waals surface area contributed by atoms with Gasteiger partial charge in [0.05, 0.1) is 11.2 Å². The topological polar surface area (TPSA) is 36.9 Å². The van der Waals surface area contributed by atoms with Crippen LogP contribution in [0.4, 0.5) is 0 Å². The molecule has 4 nitrogen and oxygen atoms in total. The molecule has 0 N–H and O–H groups in total. The van der Waals surface area contributed by atoms with E-state index in [4.69, 9.17) is 18.8 Å². The van der Waals surface area contributed by atoms with E-state index in [-0.39, 0.29) is 6.79 Å². The molecule has 0 spiro atoms. The van der Waals surface area contributed by atoms with Crippen molar-refractivity contribution in [2.45, 2.75) is 58.2 Å². The summed E-state index contributed by atoms with van der Waals surface area (Å²) in [7, 11) is 1.16. The van der Waals surface area contributed by atoms with Gasteiger partial charge in [-0.3, -0.25) is 0 Å². The minimum Gasteiger partial charge on any atom is -0.467 e. The zero-order chi connectivity index (χ0) is 28.3. The second kappa shape index (κ2) is 9.62. The van der Waals surface area contributed by atoms with Gasteiger partial charge in [-0.2, -0.15) is 0 Å². The summed E-state index contributed by atoms with van der Waals surface area (Å²) in [6.07, 6.45) is 0. The number of ether oxygens (including phenoxy) is 2. The molecule has 0 amide bonds. The summed E-state index contributed by atoms with van der Waals surface area (Å²) in [4.78, 5) is 0. The minimum atomic E-state index is -0.496. The molecule has 4 aromatic rings. The van der Waals surface area contributed by atoms with Gasteiger partial charge in [-0.1, -0.05) is 78.9 Å². The van der Waals surface area contributed by atoms with Crippen LogP contribution in [0.25, 0.3) is 22.3 Å². The van der Waals surface area contributed by atoms with E-state index in [1.165, 1.54) is 22.3 Å². The third-order valence-electron chi connectivity index (χ3n) is 9.07.